The highest BCUT2D eigenvalue weighted by Gasteiger charge is 2.03. The van der Waals surface area contributed by atoms with Crippen LogP contribution in [0.25, 0.3) is 12.2 Å². The summed E-state index contributed by atoms with van der Waals surface area (Å²) in [5.41, 5.74) is 2.06. The van der Waals surface area contributed by atoms with Crippen LogP contribution in [0.5, 0.6) is 23.0 Å². The highest BCUT2D eigenvalue weighted by molar-refractivity contribution is 5.61. The Labute approximate surface area is 142 Å². The molecule has 0 saturated heterocycles. The Kier molecular flexibility index (Phi) is 6.32. The van der Waals surface area contributed by atoms with E-state index in [0.29, 0.717) is 11.5 Å². The summed E-state index contributed by atoms with van der Waals surface area (Å²) in [5, 5.41) is 0. The number of methoxy groups -OCH3 is 4. The Morgan fingerprint density at radius 1 is 0.542 bits per heavy atom. The quantitative estimate of drug-likeness (QED) is 0.705. The maximum atomic E-state index is 5.30. The van der Waals surface area contributed by atoms with Crippen LogP contribution in [0, 0.1) is 0 Å². The molecule has 0 N–H and O–H groups in total. The third-order valence-corrected chi connectivity index (χ3v) is 3.50. The predicted octanol–water partition coefficient (Wildman–Crippen LogP) is 4.45. The highest BCUT2D eigenvalue weighted by Crippen LogP contribution is 2.29. The minimum absolute atomic E-state index is 0.712. The van der Waals surface area contributed by atoms with Gasteiger partial charge in [0.05, 0.1) is 28.4 Å². The van der Waals surface area contributed by atoms with Crippen molar-refractivity contribution in [2.45, 2.75) is 0 Å². The Balaban J connectivity index is 2.09. The van der Waals surface area contributed by atoms with Gasteiger partial charge < -0.3 is 18.9 Å². The summed E-state index contributed by atoms with van der Waals surface area (Å²) in [6, 6.07) is 11.6. The molecule has 2 aromatic carbocycles. The largest absolute Gasteiger partial charge is 0.493 e. The molecule has 0 spiro atoms. The van der Waals surface area contributed by atoms with Crippen LogP contribution in [-0.2, 0) is 0 Å². The molecule has 4 heteroatoms. The first kappa shape index (κ1) is 17.5. The summed E-state index contributed by atoms with van der Waals surface area (Å²) in [6.07, 6.45) is 7.94. The molecule has 0 amide bonds. The smallest absolute Gasteiger partial charge is 0.161 e. The van der Waals surface area contributed by atoms with Gasteiger partial charge >= 0.3 is 0 Å². The van der Waals surface area contributed by atoms with Crippen LogP contribution in [0.2, 0.25) is 0 Å². The van der Waals surface area contributed by atoms with Gasteiger partial charge in [-0.25, -0.2) is 0 Å². The summed E-state index contributed by atoms with van der Waals surface area (Å²) in [6.45, 7) is 0. The van der Waals surface area contributed by atoms with Gasteiger partial charge in [0, 0.05) is 0 Å². The van der Waals surface area contributed by atoms with Gasteiger partial charge in [-0.1, -0.05) is 36.4 Å². The van der Waals surface area contributed by atoms with Crippen molar-refractivity contribution in [1.82, 2.24) is 0 Å². The second kappa shape index (κ2) is 8.67. The molecule has 0 saturated carbocycles. The molecule has 24 heavy (non-hydrogen) atoms. The van der Waals surface area contributed by atoms with Gasteiger partial charge in [0.15, 0.2) is 23.0 Å². The van der Waals surface area contributed by atoms with Crippen LogP contribution in [0.15, 0.2) is 48.6 Å². The predicted molar refractivity (Wildman–Crippen MR) is 97.2 cm³/mol. The molecule has 0 bridgehead atoms. The van der Waals surface area contributed by atoms with Crippen molar-refractivity contribution in [3.05, 3.63) is 59.7 Å². The third-order valence-electron chi connectivity index (χ3n) is 3.50. The van der Waals surface area contributed by atoms with Gasteiger partial charge in [0.25, 0.3) is 0 Å². The SMILES string of the molecule is COc1ccc(/C=C/C=C/c2ccc(OC)c(OC)c2)cc1OC. The van der Waals surface area contributed by atoms with E-state index in [1.165, 1.54) is 0 Å². The molecule has 0 atom stereocenters. The molecule has 0 unspecified atom stereocenters. The molecule has 0 aliphatic heterocycles. The summed E-state index contributed by atoms with van der Waals surface area (Å²) in [4.78, 5) is 0. The normalized spacial score (nSPS) is 11.0. The van der Waals surface area contributed by atoms with E-state index in [4.69, 9.17) is 18.9 Å². The van der Waals surface area contributed by atoms with Crippen molar-refractivity contribution in [2.75, 3.05) is 28.4 Å². The number of rotatable bonds is 7. The lowest BCUT2D eigenvalue weighted by Gasteiger charge is -2.07. The fourth-order valence-corrected chi connectivity index (χ4v) is 2.25. The lowest BCUT2D eigenvalue weighted by molar-refractivity contribution is 0.355. The van der Waals surface area contributed by atoms with Crippen LogP contribution in [0.4, 0.5) is 0 Å². The fraction of sp³-hybridized carbons (Fsp3) is 0.200. The van der Waals surface area contributed by atoms with E-state index in [0.717, 1.165) is 22.6 Å². The zero-order valence-electron chi connectivity index (χ0n) is 14.4. The third kappa shape index (κ3) is 4.32. The van der Waals surface area contributed by atoms with E-state index in [9.17, 15) is 0 Å². The standard InChI is InChI=1S/C20H22O4/c1-21-17-11-9-15(13-19(17)23-3)7-5-6-8-16-10-12-18(22-2)20(14-16)24-4/h5-14H,1-4H3/b7-5+,8-6+. The molecular weight excluding hydrogens is 304 g/mol. The van der Waals surface area contributed by atoms with Crippen molar-refractivity contribution in [3.63, 3.8) is 0 Å². The van der Waals surface area contributed by atoms with Crippen molar-refractivity contribution in [1.29, 1.82) is 0 Å². The molecule has 0 aromatic heterocycles. The van der Waals surface area contributed by atoms with E-state index in [1.807, 2.05) is 60.7 Å². The van der Waals surface area contributed by atoms with Crippen molar-refractivity contribution in [3.8, 4) is 23.0 Å². The van der Waals surface area contributed by atoms with Crippen molar-refractivity contribution < 1.29 is 18.9 Å². The van der Waals surface area contributed by atoms with E-state index in [2.05, 4.69) is 0 Å². The molecule has 2 rings (SSSR count). The van der Waals surface area contributed by atoms with Gasteiger partial charge in [0.1, 0.15) is 0 Å². The zero-order chi connectivity index (χ0) is 17.4. The highest BCUT2D eigenvalue weighted by atomic mass is 16.5. The van der Waals surface area contributed by atoms with Gasteiger partial charge in [0.2, 0.25) is 0 Å². The number of hydrogen-bond acceptors (Lipinski definition) is 4. The van der Waals surface area contributed by atoms with Crippen LogP contribution in [0.1, 0.15) is 11.1 Å². The maximum Gasteiger partial charge on any atom is 0.161 e. The fourth-order valence-electron chi connectivity index (χ4n) is 2.25. The molecule has 0 radical (unpaired) electrons. The molecule has 0 aliphatic carbocycles. The van der Waals surface area contributed by atoms with Crippen LogP contribution >= 0.6 is 0 Å². The summed E-state index contributed by atoms with van der Waals surface area (Å²) in [7, 11) is 6.50. The average Bonchev–Trinajstić information content (AvgIpc) is 2.64. The van der Waals surface area contributed by atoms with E-state index < -0.39 is 0 Å². The minimum Gasteiger partial charge on any atom is -0.493 e. The zero-order valence-corrected chi connectivity index (χ0v) is 14.4. The van der Waals surface area contributed by atoms with Crippen LogP contribution < -0.4 is 18.9 Å². The second-order valence-electron chi connectivity index (χ2n) is 4.95. The van der Waals surface area contributed by atoms with Gasteiger partial charge in [-0.3, -0.25) is 0 Å². The minimum atomic E-state index is 0.712. The molecule has 0 heterocycles. The van der Waals surface area contributed by atoms with Gasteiger partial charge in [-0.2, -0.15) is 0 Å². The summed E-state index contributed by atoms with van der Waals surface area (Å²) >= 11 is 0. The molecule has 2 aromatic rings. The average molecular weight is 326 g/mol. The van der Waals surface area contributed by atoms with E-state index >= 15 is 0 Å². The van der Waals surface area contributed by atoms with E-state index in [-0.39, 0.29) is 0 Å². The van der Waals surface area contributed by atoms with Gasteiger partial charge in [-0.05, 0) is 35.4 Å². The first-order chi connectivity index (χ1) is 11.7. The molecule has 0 aliphatic rings. The van der Waals surface area contributed by atoms with Gasteiger partial charge in [-0.15, -0.1) is 0 Å². The Bertz CT molecular complexity index is 669. The Hall–Kier alpha value is -2.88. The Morgan fingerprint density at radius 3 is 1.25 bits per heavy atom. The van der Waals surface area contributed by atoms with Crippen LogP contribution in [0.3, 0.4) is 0 Å². The number of allylic oxidation sites excluding steroid dienone is 2. The maximum absolute atomic E-state index is 5.30. The summed E-state index contributed by atoms with van der Waals surface area (Å²) < 4.78 is 21.1. The molecule has 0 fully saturated rings. The van der Waals surface area contributed by atoms with Crippen molar-refractivity contribution >= 4 is 12.2 Å². The first-order valence-electron chi connectivity index (χ1n) is 7.50. The molecule has 4 nitrogen and oxygen atoms in total. The number of benzene rings is 2. The molecule has 126 valence electrons. The summed E-state index contributed by atoms with van der Waals surface area (Å²) in [5.74, 6) is 2.86. The van der Waals surface area contributed by atoms with Crippen molar-refractivity contribution in [2.24, 2.45) is 0 Å². The monoisotopic (exact) mass is 326 g/mol. The number of ether oxygens (including phenoxy) is 4. The number of hydrogen-bond donors (Lipinski definition) is 0. The molecular formula is C20H22O4. The lowest BCUT2D eigenvalue weighted by Crippen LogP contribution is -1.90. The topological polar surface area (TPSA) is 36.9 Å². The Morgan fingerprint density at radius 2 is 0.917 bits per heavy atom. The lowest BCUT2D eigenvalue weighted by atomic mass is 10.1. The van der Waals surface area contributed by atoms with E-state index in [1.54, 1.807) is 28.4 Å². The van der Waals surface area contributed by atoms with Crippen LogP contribution in [-0.4, -0.2) is 28.4 Å². The second-order valence-corrected chi connectivity index (χ2v) is 4.95. The first-order valence-corrected chi connectivity index (χ1v) is 7.50.